The van der Waals surface area contributed by atoms with E-state index in [0.717, 1.165) is 11.1 Å². The number of amides is 3. The molecule has 12 nitrogen and oxygen atoms in total. The van der Waals surface area contributed by atoms with E-state index >= 15 is 0 Å². The lowest BCUT2D eigenvalue weighted by atomic mass is 9.82. The second-order valence-corrected chi connectivity index (χ2v) is 12.2. The van der Waals surface area contributed by atoms with Crippen molar-refractivity contribution in [3.8, 4) is 0 Å². The van der Waals surface area contributed by atoms with Crippen LogP contribution in [0.4, 0.5) is 11.4 Å². The number of carbonyl (C=O) groups is 5. The SMILES string of the molecule is COC(=O)CCCCN1C(=O)[C@](O)([C@H](C)/C=C/CC(=O)N2Cc3ccccc3C[C@H]2CO)c2cc(N3C(=O)CC3OC(C)=O)ccc21. The van der Waals surface area contributed by atoms with Crippen molar-refractivity contribution in [1.29, 1.82) is 0 Å². The average Bonchev–Trinajstić information content (AvgIpc) is 3.27. The molecule has 2 aromatic carbocycles. The average molecular weight is 648 g/mol. The van der Waals surface area contributed by atoms with Crippen molar-refractivity contribution < 1.29 is 43.7 Å². The Balaban J connectivity index is 1.37. The first kappa shape index (κ1) is 33.8. The number of nitrogens with zero attached hydrogens (tertiary/aromatic N) is 3. The van der Waals surface area contributed by atoms with E-state index in [-0.39, 0.29) is 61.8 Å². The smallest absolute Gasteiger partial charge is 0.305 e. The number of unbranched alkanes of at least 4 members (excludes halogenated alkanes) is 1. The maximum absolute atomic E-state index is 14.0. The molecule has 2 aromatic rings. The number of esters is 2. The number of aliphatic hydroxyl groups is 2. The molecule has 1 saturated heterocycles. The van der Waals surface area contributed by atoms with Gasteiger partial charge in [-0.3, -0.25) is 28.9 Å². The molecular formula is C35H41N3O9. The Labute approximate surface area is 273 Å². The van der Waals surface area contributed by atoms with Crippen LogP contribution in [0.25, 0.3) is 0 Å². The number of anilines is 2. The van der Waals surface area contributed by atoms with Gasteiger partial charge in [0.15, 0.2) is 11.8 Å². The van der Waals surface area contributed by atoms with Crippen molar-refractivity contribution in [2.75, 3.05) is 30.1 Å². The van der Waals surface area contributed by atoms with Crippen molar-refractivity contribution in [2.45, 2.75) is 76.8 Å². The molecular weight excluding hydrogens is 606 g/mol. The Morgan fingerprint density at radius 1 is 1.09 bits per heavy atom. The molecule has 12 heteroatoms. The Bertz CT molecular complexity index is 1590. The molecule has 0 saturated carbocycles. The minimum Gasteiger partial charge on any atom is -0.469 e. The van der Waals surface area contributed by atoms with Crippen molar-refractivity contribution in [3.63, 3.8) is 0 Å². The second kappa shape index (κ2) is 14.1. The number of carbonyl (C=O) groups excluding carboxylic acids is 5. The minimum absolute atomic E-state index is 0.00373. The fourth-order valence-corrected chi connectivity index (χ4v) is 6.60. The third kappa shape index (κ3) is 6.66. The number of hydrogen-bond acceptors (Lipinski definition) is 9. The highest BCUT2D eigenvalue weighted by Crippen LogP contribution is 2.47. The van der Waals surface area contributed by atoms with E-state index in [2.05, 4.69) is 0 Å². The summed E-state index contributed by atoms with van der Waals surface area (Å²) in [6.07, 6.45) is 4.20. The van der Waals surface area contributed by atoms with Crippen LogP contribution in [0.5, 0.6) is 0 Å². The van der Waals surface area contributed by atoms with Crippen LogP contribution in [0.3, 0.4) is 0 Å². The van der Waals surface area contributed by atoms with Crippen LogP contribution < -0.4 is 9.80 Å². The number of β-lactam (4-membered cyclic amide) rings is 1. The lowest BCUT2D eigenvalue weighted by Crippen LogP contribution is -2.55. The summed E-state index contributed by atoms with van der Waals surface area (Å²) < 4.78 is 9.97. The molecule has 3 aliphatic heterocycles. The van der Waals surface area contributed by atoms with E-state index in [9.17, 15) is 34.2 Å². The number of aliphatic hydroxyl groups excluding tert-OH is 1. The molecule has 0 radical (unpaired) electrons. The molecule has 0 bridgehead atoms. The standard InChI is InChI=1S/C35H41N3O9/c1-22(9-8-12-30(41)37-20-25-11-5-4-10-24(25)17-27(37)21-39)35(45)28-18-26(38-31(42)19-32(38)47-23(2)40)14-15-29(28)36(34(35)44)16-7-6-13-33(43)46-3/h4-5,8-11,14-15,18,22,27,32,39,45H,6-7,12-13,16-17,19-21H2,1-3H3/b9-8+/t22-,27+,32?,35+/m1/s1. The number of methoxy groups -OCH3 is 1. The van der Waals surface area contributed by atoms with Gasteiger partial charge >= 0.3 is 11.9 Å². The zero-order valence-corrected chi connectivity index (χ0v) is 26.9. The number of fused-ring (bicyclic) bond motifs is 2. The van der Waals surface area contributed by atoms with Crippen LogP contribution in [0.1, 0.15) is 62.6 Å². The predicted molar refractivity (Wildman–Crippen MR) is 171 cm³/mol. The van der Waals surface area contributed by atoms with Crippen LogP contribution in [-0.2, 0) is 52.0 Å². The third-order valence-electron chi connectivity index (χ3n) is 9.24. The maximum Gasteiger partial charge on any atom is 0.305 e. The van der Waals surface area contributed by atoms with E-state index in [1.165, 1.54) is 23.8 Å². The summed E-state index contributed by atoms with van der Waals surface area (Å²) >= 11 is 0. The topological polar surface area (TPSA) is 154 Å². The van der Waals surface area contributed by atoms with Crippen molar-refractivity contribution in [1.82, 2.24) is 4.90 Å². The molecule has 250 valence electrons. The molecule has 1 fully saturated rings. The fraction of sp³-hybridized carbons (Fsp3) is 0.457. The largest absolute Gasteiger partial charge is 0.469 e. The van der Waals surface area contributed by atoms with Crippen LogP contribution >= 0.6 is 0 Å². The van der Waals surface area contributed by atoms with E-state index < -0.39 is 29.6 Å². The summed E-state index contributed by atoms with van der Waals surface area (Å²) in [6, 6.07) is 12.3. The van der Waals surface area contributed by atoms with Crippen molar-refractivity contribution >= 4 is 41.0 Å². The highest BCUT2D eigenvalue weighted by atomic mass is 16.6. The summed E-state index contributed by atoms with van der Waals surface area (Å²) in [5.74, 6) is -2.69. The third-order valence-corrected chi connectivity index (χ3v) is 9.24. The van der Waals surface area contributed by atoms with Gasteiger partial charge in [-0.05, 0) is 48.6 Å². The number of hydrogen-bond donors (Lipinski definition) is 2. The van der Waals surface area contributed by atoms with Gasteiger partial charge in [0, 0.05) is 50.0 Å². The molecule has 2 N–H and O–H groups in total. The molecule has 0 spiro atoms. The van der Waals surface area contributed by atoms with E-state index in [0.29, 0.717) is 37.2 Å². The lowest BCUT2D eigenvalue weighted by Gasteiger charge is -2.39. The van der Waals surface area contributed by atoms with Crippen LogP contribution in [-0.4, -0.2) is 77.3 Å². The fourth-order valence-electron chi connectivity index (χ4n) is 6.60. The zero-order chi connectivity index (χ0) is 33.9. The van der Waals surface area contributed by atoms with Crippen LogP contribution in [0, 0.1) is 5.92 Å². The molecule has 0 aliphatic carbocycles. The van der Waals surface area contributed by atoms with Gasteiger partial charge < -0.3 is 29.5 Å². The predicted octanol–water partition coefficient (Wildman–Crippen LogP) is 2.72. The first-order valence-electron chi connectivity index (χ1n) is 15.9. The summed E-state index contributed by atoms with van der Waals surface area (Å²) in [7, 11) is 1.31. The van der Waals surface area contributed by atoms with Gasteiger partial charge in [0.25, 0.3) is 5.91 Å². The molecule has 5 rings (SSSR count). The maximum atomic E-state index is 14.0. The number of ether oxygens (including phenoxy) is 2. The Morgan fingerprint density at radius 2 is 1.83 bits per heavy atom. The van der Waals surface area contributed by atoms with E-state index in [4.69, 9.17) is 9.47 Å². The normalized spacial score (nSPS) is 22.5. The summed E-state index contributed by atoms with van der Waals surface area (Å²) in [6.45, 7) is 3.39. The number of benzene rings is 2. The molecule has 1 unspecified atom stereocenters. The lowest BCUT2D eigenvalue weighted by molar-refractivity contribution is -0.154. The molecule has 47 heavy (non-hydrogen) atoms. The summed E-state index contributed by atoms with van der Waals surface area (Å²) in [5, 5.41) is 22.2. The van der Waals surface area contributed by atoms with Gasteiger partial charge in [-0.1, -0.05) is 43.3 Å². The van der Waals surface area contributed by atoms with Crippen molar-refractivity contribution in [2.24, 2.45) is 5.92 Å². The summed E-state index contributed by atoms with van der Waals surface area (Å²) in [5.41, 5.74) is 1.22. The Morgan fingerprint density at radius 3 is 2.51 bits per heavy atom. The monoisotopic (exact) mass is 647 g/mol. The summed E-state index contributed by atoms with van der Waals surface area (Å²) in [4.78, 5) is 67.5. The zero-order valence-electron chi connectivity index (χ0n) is 26.9. The van der Waals surface area contributed by atoms with Gasteiger partial charge in [0.1, 0.15) is 0 Å². The molecule has 3 amide bonds. The molecule has 4 atom stereocenters. The molecule has 0 aromatic heterocycles. The molecule has 3 aliphatic rings. The van der Waals surface area contributed by atoms with Gasteiger partial charge in [-0.2, -0.15) is 0 Å². The van der Waals surface area contributed by atoms with Crippen LogP contribution in [0.2, 0.25) is 0 Å². The van der Waals surface area contributed by atoms with Gasteiger partial charge in [-0.25, -0.2) is 0 Å². The molecule has 3 heterocycles. The minimum atomic E-state index is -2.03. The quantitative estimate of drug-likeness (QED) is 0.153. The van der Waals surface area contributed by atoms with E-state index in [1.807, 2.05) is 24.3 Å². The van der Waals surface area contributed by atoms with Gasteiger partial charge in [0.05, 0.1) is 31.9 Å². The Hall–Kier alpha value is -4.55. The first-order valence-corrected chi connectivity index (χ1v) is 15.9. The number of rotatable bonds is 12. The first-order chi connectivity index (χ1) is 22.5. The highest BCUT2D eigenvalue weighted by Gasteiger charge is 2.53. The van der Waals surface area contributed by atoms with Crippen molar-refractivity contribution in [3.05, 3.63) is 71.3 Å². The highest BCUT2D eigenvalue weighted by molar-refractivity contribution is 6.08. The van der Waals surface area contributed by atoms with Crippen LogP contribution in [0.15, 0.2) is 54.6 Å². The van der Waals surface area contributed by atoms with E-state index in [1.54, 1.807) is 42.2 Å². The second-order valence-electron chi connectivity index (χ2n) is 12.2. The van der Waals surface area contributed by atoms with Gasteiger partial charge in [-0.15, -0.1) is 0 Å². The Kier molecular flexibility index (Phi) is 10.1. The van der Waals surface area contributed by atoms with Gasteiger partial charge in [0.2, 0.25) is 11.8 Å².